The predicted molar refractivity (Wildman–Crippen MR) is 108 cm³/mol. The Morgan fingerprint density at radius 2 is 1.89 bits per heavy atom. The van der Waals surface area contributed by atoms with Crippen molar-refractivity contribution in [1.82, 2.24) is 24.5 Å². The number of aromatic nitrogens is 5. The summed E-state index contributed by atoms with van der Waals surface area (Å²) in [7, 11) is 2.04. The monoisotopic (exact) mass is 369 g/mol. The Kier molecular flexibility index (Phi) is 3.76. The van der Waals surface area contributed by atoms with Gasteiger partial charge >= 0.3 is 0 Å². The molecule has 0 atom stereocenters. The minimum atomic E-state index is 0.862. The second-order valence-corrected chi connectivity index (χ2v) is 7.24. The van der Waals surface area contributed by atoms with Gasteiger partial charge in [0.05, 0.1) is 21.8 Å². The summed E-state index contributed by atoms with van der Waals surface area (Å²) in [5.41, 5.74) is 4.75. The zero-order valence-corrected chi connectivity index (χ0v) is 15.4. The first-order valence-electron chi connectivity index (χ1n) is 8.54. The van der Waals surface area contributed by atoms with Crippen molar-refractivity contribution >= 4 is 22.2 Å². The molecule has 0 aliphatic heterocycles. The van der Waals surface area contributed by atoms with Crippen LogP contribution in [0, 0.1) is 0 Å². The quantitative estimate of drug-likeness (QED) is 0.457. The summed E-state index contributed by atoms with van der Waals surface area (Å²) in [6, 6.07) is 14.0. The van der Waals surface area contributed by atoms with Gasteiger partial charge in [0.25, 0.3) is 0 Å². The molecule has 5 aromatic heterocycles. The van der Waals surface area contributed by atoms with Crippen LogP contribution >= 0.6 is 11.3 Å². The first-order valence-corrected chi connectivity index (χ1v) is 9.35. The van der Waals surface area contributed by atoms with Crippen LogP contribution in [-0.2, 0) is 7.05 Å². The van der Waals surface area contributed by atoms with E-state index in [-0.39, 0.29) is 0 Å². The summed E-state index contributed by atoms with van der Waals surface area (Å²) in [6.45, 7) is 0. The van der Waals surface area contributed by atoms with Gasteiger partial charge in [0.1, 0.15) is 10.7 Å². The first kappa shape index (κ1) is 15.8. The van der Waals surface area contributed by atoms with Crippen LogP contribution in [0.5, 0.6) is 0 Å². The Morgan fingerprint density at radius 3 is 2.70 bits per heavy atom. The van der Waals surface area contributed by atoms with Crippen LogP contribution in [0.2, 0.25) is 0 Å². The molecule has 0 aliphatic carbocycles. The van der Waals surface area contributed by atoms with Gasteiger partial charge in [0.2, 0.25) is 0 Å². The number of nitrogens with zero attached hydrogens (tertiary/aromatic N) is 5. The maximum atomic E-state index is 4.95. The number of rotatable bonds is 3. The maximum Gasteiger partial charge on any atom is 0.125 e. The SMILES string of the molecule is Cn1ccc2cc(-c3ccccn3)nc(-c3cnc(-c4cccnc4)s3)c21. The van der Waals surface area contributed by atoms with Crippen molar-refractivity contribution in [3.05, 3.63) is 73.4 Å². The first-order chi connectivity index (χ1) is 13.3. The fourth-order valence-electron chi connectivity index (χ4n) is 3.15. The van der Waals surface area contributed by atoms with E-state index < -0.39 is 0 Å². The molecule has 5 heterocycles. The lowest BCUT2D eigenvalue weighted by atomic mass is 10.1. The van der Waals surface area contributed by atoms with Crippen LogP contribution in [0.25, 0.3) is 43.4 Å². The molecule has 5 nitrogen and oxygen atoms in total. The second kappa shape index (κ2) is 6.41. The van der Waals surface area contributed by atoms with E-state index in [9.17, 15) is 0 Å². The molecule has 0 aromatic carbocycles. The number of hydrogen-bond donors (Lipinski definition) is 0. The number of aryl methyl sites for hydroxylation is 1. The Balaban J connectivity index is 1.70. The largest absolute Gasteiger partial charge is 0.349 e. The molecule has 0 fully saturated rings. The Labute approximate surface area is 160 Å². The molecule has 0 amide bonds. The van der Waals surface area contributed by atoms with Crippen molar-refractivity contribution in [1.29, 1.82) is 0 Å². The number of pyridine rings is 3. The molecular formula is C21H15N5S. The van der Waals surface area contributed by atoms with Crippen LogP contribution in [0.3, 0.4) is 0 Å². The van der Waals surface area contributed by atoms with E-state index >= 15 is 0 Å². The van der Waals surface area contributed by atoms with Crippen LogP contribution < -0.4 is 0 Å². The molecular weight excluding hydrogens is 354 g/mol. The van der Waals surface area contributed by atoms with Crippen molar-refractivity contribution in [3.8, 4) is 32.5 Å². The average molecular weight is 369 g/mol. The van der Waals surface area contributed by atoms with E-state index in [2.05, 4.69) is 37.8 Å². The van der Waals surface area contributed by atoms with Crippen LogP contribution in [-0.4, -0.2) is 24.5 Å². The van der Waals surface area contributed by atoms with Crippen LogP contribution in [0.4, 0.5) is 0 Å². The second-order valence-electron chi connectivity index (χ2n) is 6.21. The smallest absolute Gasteiger partial charge is 0.125 e. The van der Waals surface area contributed by atoms with Gasteiger partial charge in [-0.25, -0.2) is 9.97 Å². The highest BCUT2D eigenvalue weighted by molar-refractivity contribution is 7.18. The summed E-state index contributed by atoms with van der Waals surface area (Å²) >= 11 is 1.62. The van der Waals surface area contributed by atoms with Gasteiger partial charge in [0.15, 0.2) is 0 Å². The number of hydrogen-bond acceptors (Lipinski definition) is 5. The predicted octanol–water partition coefficient (Wildman–Crippen LogP) is 4.82. The fraction of sp³-hybridized carbons (Fsp3) is 0.0476. The number of fused-ring (bicyclic) bond motifs is 1. The van der Waals surface area contributed by atoms with E-state index in [1.807, 2.05) is 49.8 Å². The highest BCUT2D eigenvalue weighted by Crippen LogP contribution is 2.36. The van der Waals surface area contributed by atoms with Crippen LogP contribution in [0.15, 0.2) is 73.4 Å². The van der Waals surface area contributed by atoms with Gasteiger partial charge in [-0.2, -0.15) is 0 Å². The van der Waals surface area contributed by atoms with Crippen LogP contribution in [0.1, 0.15) is 0 Å². The Hall–Kier alpha value is -3.38. The molecule has 27 heavy (non-hydrogen) atoms. The topological polar surface area (TPSA) is 56.5 Å². The Bertz CT molecular complexity index is 1230. The van der Waals surface area contributed by atoms with E-state index in [1.165, 1.54) is 0 Å². The normalized spacial score (nSPS) is 11.1. The minimum Gasteiger partial charge on any atom is -0.349 e. The van der Waals surface area contributed by atoms with Crippen molar-refractivity contribution in [2.24, 2.45) is 7.05 Å². The minimum absolute atomic E-state index is 0.862. The van der Waals surface area contributed by atoms with E-state index in [0.29, 0.717) is 0 Å². The third-order valence-corrected chi connectivity index (χ3v) is 5.48. The van der Waals surface area contributed by atoms with E-state index in [1.54, 1.807) is 23.7 Å². The van der Waals surface area contributed by atoms with Gasteiger partial charge in [-0.1, -0.05) is 6.07 Å². The van der Waals surface area contributed by atoms with Crippen molar-refractivity contribution in [2.45, 2.75) is 0 Å². The van der Waals surface area contributed by atoms with Crippen molar-refractivity contribution in [2.75, 3.05) is 0 Å². The average Bonchev–Trinajstić information content (AvgIpc) is 3.36. The highest BCUT2D eigenvalue weighted by Gasteiger charge is 2.16. The zero-order valence-electron chi connectivity index (χ0n) is 14.6. The molecule has 5 rings (SSSR count). The van der Waals surface area contributed by atoms with Crippen molar-refractivity contribution in [3.63, 3.8) is 0 Å². The molecule has 5 aromatic rings. The highest BCUT2D eigenvalue weighted by atomic mass is 32.1. The molecule has 0 unspecified atom stereocenters. The van der Waals surface area contributed by atoms with Gasteiger partial charge in [-0.05, 0) is 36.4 Å². The summed E-state index contributed by atoms with van der Waals surface area (Å²) in [4.78, 5) is 19.2. The van der Waals surface area contributed by atoms with E-state index in [0.717, 1.165) is 43.4 Å². The lowest BCUT2D eigenvalue weighted by Crippen LogP contribution is -1.94. The Morgan fingerprint density at radius 1 is 0.926 bits per heavy atom. The summed E-state index contributed by atoms with van der Waals surface area (Å²) < 4.78 is 2.10. The molecule has 6 heteroatoms. The fourth-order valence-corrected chi connectivity index (χ4v) is 4.04. The molecule has 0 saturated carbocycles. The van der Waals surface area contributed by atoms with Gasteiger partial charge < -0.3 is 4.57 Å². The van der Waals surface area contributed by atoms with E-state index in [4.69, 9.17) is 4.98 Å². The summed E-state index contributed by atoms with van der Waals surface area (Å²) in [5.74, 6) is 0. The molecule has 0 spiro atoms. The van der Waals surface area contributed by atoms with Gasteiger partial charge in [-0.15, -0.1) is 11.3 Å². The lowest BCUT2D eigenvalue weighted by Gasteiger charge is -2.07. The third kappa shape index (κ3) is 2.80. The summed E-state index contributed by atoms with van der Waals surface area (Å²) in [6.07, 6.45) is 9.34. The lowest BCUT2D eigenvalue weighted by molar-refractivity contribution is 0.967. The molecule has 0 bridgehead atoms. The van der Waals surface area contributed by atoms with Gasteiger partial charge in [0, 0.05) is 49.0 Å². The molecule has 0 aliphatic rings. The molecule has 0 saturated heterocycles. The summed E-state index contributed by atoms with van der Waals surface area (Å²) in [5, 5.41) is 2.07. The number of thiazole rings is 1. The van der Waals surface area contributed by atoms with Gasteiger partial charge in [-0.3, -0.25) is 9.97 Å². The maximum absolute atomic E-state index is 4.95. The zero-order chi connectivity index (χ0) is 18.2. The van der Waals surface area contributed by atoms with Crippen molar-refractivity contribution < 1.29 is 0 Å². The molecule has 0 N–H and O–H groups in total. The molecule has 130 valence electrons. The molecule has 0 radical (unpaired) electrons. The third-order valence-electron chi connectivity index (χ3n) is 4.43. The standard InChI is InChI=1S/C21H15N5S/c1-26-10-7-14-11-17(16-6-2-3-9-23-16)25-19(20(14)26)18-13-24-21(27-18)15-5-4-8-22-12-15/h2-13H,1H3.